The molecule has 0 radical (unpaired) electrons. The molecule has 25 heavy (non-hydrogen) atoms. The summed E-state index contributed by atoms with van der Waals surface area (Å²) < 4.78 is 5.13. The molecule has 1 unspecified atom stereocenters. The minimum atomic E-state index is -0.607. The Kier molecular flexibility index (Phi) is 5.14. The normalized spacial score (nSPS) is 20.7. The third-order valence-corrected chi connectivity index (χ3v) is 4.26. The fourth-order valence-corrected chi connectivity index (χ4v) is 2.86. The molecule has 132 valence electrons. The lowest BCUT2D eigenvalue weighted by atomic mass is 10.1. The Balaban J connectivity index is 1.75. The molecule has 2 aliphatic rings. The van der Waals surface area contributed by atoms with Crippen LogP contribution in [0, 0.1) is 0 Å². The number of para-hydroxylation sites is 1. The van der Waals surface area contributed by atoms with Crippen molar-refractivity contribution in [3.05, 3.63) is 42.0 Å². The topological polar surface area (TPSA) is 74.2 Å². The lowest BCUT2D eigenvalue weighted by molar-refractivity contribution is -0.124. The minimum Gasteiger partial charge on any atom is -0.380 e. The Hall–Kier alpha value is -2.67. The fourth-order valence-electron chi connectivity index (χ4n) is 2.86. The summed E-state index contributed by atoms with van der Waals surface area (Å²) in [6.07, 6.45) is 2.79. The highest BCUT2D eigenvalue weighted by molar-refractivity contribution is 6.39. The monoisotopic (exact) mass is 342 g/mol. The van der Waals surface area contributed by atoms with Crippen molar-refractivity contribution >= 4 is 23.3 Å². The third-order valence-electron chi connectivity index (χ3n) is 4.26. The van der Waals surface area contributed by atoms with Crippen LogP contribution in [0.1, 0.15) is 13.3 Å². The number of methoxy groups -OCH3 is 1. The van der Waals surface area contributed by atoms with Crippen molar-refractivity contribution in [3.8, 4) is 0 Å². The van der Waals surface area contributed by atoms with E-state index in [9.17, 15) is 9.59 Å². The van der Waals surface area contributed by atoms with E-state index in [4.69, 9.17) is 4.74 Å². The Morgan fingerprint density at radius 2 is 2.12 bits per heavy atom. The Bertz CT molecular complexity index is 714. The van der Waals surface area contributed by atoms with Crippen molar-refractivity contribution in [2.45, 2.75) is 19.4 Å². The molecule has 3 rings (SSSR count). The molecule has 0 aromatic heterocycles. The van der Waals surface area contributed by atoms with E-state index in [-0.39, 0.29) is 17.6 Å². The van der Waals surface area contributed by atoms with Crippen LogP contribution in [-0.4, -0.2) is 55.4 Å². The highest BCUT2D eigenvalue weighted by atomic mass is 16.5. The van der Waals surface area contributed by atoms with Crippen molar-refractivity contribution in [2.75, 3.05) is 31.8 Å². The summed E-state index contributed by atoms with van der Waals surface area (Å²) in [4.78, 5) is 31.1. The zero-order valence-corrected chi connectivity index (χ0v) is 14.4. The number of hydrogen-bond acceptors (Lipinski definition) is 5. The molecule has 0 spiro atoms. The summed E-state index contributed by atoms with van der Waals surface area (Å²) in [7, 11) is 1.66. The van der Waals surface area contributed by atoms with Gasteiger partial charge in [0.1, 0.15) is 6.04 Å². The summed E-state index contributed by atoms with van der Waals surface area (Å²) in [6, 6.07) is 8.57. The first-order valence-corrected chi connectivity index (χ1v) is 8.29. The van der Waals surface area contributed by atoms with Crippen molar-refractivity contribution in [1.29, 1.82) is 0 Å². The van der Waals surface area contributed by atoms with Crippen LogP contribution in [-0.2, 0) is 14.3 Å². The zero-order valence-electron chi connectivity index (χ0n) is 14.4. The largest absolute Gasteiger partial charge is 0.380 e. The smallest absolute Gasteiger partial charge is 0.291 e. The van der Waals surface area contributed by atoms with E-state index >= 15 is 0 Å². The number of ether oxygens (including phenoxy) is 1. The number of anilines is 1. The lowest BCUT2D eigenvalue weighted by Crippen LogP contribution is -2.58. The molecule has 1 atom stereocenters. The first-order valence-electron chi connectivity index (χ1n) is 8.29. The number of benzene rings is 1. The number of hydrazine groups is 1. The van der Waals surface area contributed by atoms with Crippen LogP contribution in [0.15, 0.2) is 47.0 Å². The molecule has 0 aliphatic carbocycles. The summed E-state index contributed by atoms with van der Waals surface area (Å²) in [6.45, 7) is 3.42. The summed E-state index contributed by atoms with van der Waals surface area (Å²) >= 11 is 0. The van der Waals surface area contributed by atoms with Crippen LogP contribution in [0.25, 0.3) is 0 Å². The van der Waals surface area contributed by atoms with Crippen LogP contribution in [0.3, 0.4) is 0 Å². The molecule has 1 aromatic rings. The van der Waals surface area contributed by atoms with E-state index < -0.39 is 6.04 Å². The molecular formula is C18H22N4O3. The molecule has 0 fully saturated rings. The maximum Gasteiger partial charge on any atom is 0.291 e. The fraction of sp³-hybridized carbons (Fsp3) is 0.389. The van der Waals surface area contributed by atoms with Gasteiger partial charge in [0.2, 0.25) is 5.84 Å². The number of aliphatic imine (C=N–C) groups is 1. The Morgan fingerprint density at radius 1 is 1.36 bits per heavy atom. The maximum absolute atomic E-state index is 12.8. The van der Waals surface area contributed by atoms with E-state index in [2.05, 4.69) is 10.4 Å². The van der Waals surface area contributed by atoms with Crippen LogP contribution < -0.4 is 10.4 Å². The van der Waals surface area contributed by atoms with Crippen LogP contribution in [0.5, 0.6) is 0 Å². The van der Waals surface area contributed by atoms with E-state index in [1.54, 1.807) is 18.9 Å². The van der Waals surface area contributed by atoms with E-state index in [0.29, 0.717) is 25.4 Å². The van der Waals surface area contributed by atoms with Gasteiger partial charge in [-0.2, -0.15) is 0 Å². The predicted molar refractivity (Wildman–Crippen MR) is 95.1 cm³/mol. The molecule has 2 amide bonds. The van der Waals surface area contributed by atoms with Gasteiger partial charge in [-0.05, 0) is 31.1 Å². The van der Waals surface area contributed by atoms with Gasteiger partial charge in [0.15, 0.2) is 0 Å². The second-order valence-corrected chi connectivity index (χ2v) is 6.07. The number of nitrogens with zero attached hydrogens (tertiary/aromatic N) is 3. The highest BCUT2D eigenvalue weighted by Crippen LogP contribution is 2.17. The average Bonchev–Trinajstić information content (AvgIpc) is 2.65. The number of amidine groups is 1. The van der Waals surface area contributed by atoms with Gasteiger partial charge >= 0.3 is 0 Å². The summed E-state index contributed by atoms with van der Waals surface area (Å²) in [5, 5.41) is 1.39. The van der Waals surface area contributed by atoms with Crippen LogP contribution in [0.4, 0.5) is 5.69 Å². The van der Waals surface area contributed by atoms with Gasteiger partial charge in [-0.15, -0.1) is 0 Å². The van der Waals surface area contributed by atoms with Gasteiger partial charge < -0.3 is 9.64 Å². The molecule has 2 aliphatic heterocycles. The number of amides is 2. The second-order valence-electron chi connectivity index (χ2n) is 6.07. The molecule has 0 bridgehead atoms. The van der Waals surface area contributed by atoms with Crippen molar-refractivity contribution in [3.63, 3.8) is 0 Å². The van der Waals surface area contributed by atoms with E-state index in [0.717, 1.165) is 6.42 Å². The number of hydrogen-bond donors (Lipinski definition) is 1. The molecular weight excluding hydrogens is 320 g/mol. The minimum absolute atomic E-state index is 0.191. The number of rotatable bonds is 4. The lowest BCUT2D eigenvalue weighted by Gasteiger charge is -2.33. The third kappa shape index (κ3) is 3.71. The number of carbonyl (C=O) groups excluding carboxylic acids is 2. The number of nitrogens with one attached hydrogen (secondary N) is 1. The molecule has 0 saturated heterocycles. The van der Waals surface area contributed by atoms with Crippen LogP contribution >= 0.6 is 0 Å². The van der Waals surface area contributed by atoms with Gasteiger partial charge in [-0.3, -0.25) is 15.0 Å². The average molecular weight is 342 g/mol. The molecule has 7 heteroatoms. The van der Waals surface area contributed by atoms with Crippen molar-refractivity contribution in [1.82, 2.24) is 10.3 Å². The molecule has 2 heterocycles. The SMILES string of the molecule is COCC1=CCN(C(=O)C2=NC(C)C(=O)N(c3ccccc3)N2)CC1. The van der Waals surface area contributed by atoms with Crippen LogP contribution in [0.2, 0.25) is 0 Å². The van der Waals surface area contributed by atoms with Gasteiger partial charge in [0.05, 0.1) is 12.3 Å². The first kappa shape index (κ1) is 17.2. The Morgan fingerprint density at radius 3 is 2.76 bits per heavy atom. The van der Waals surface area contributed by atoms with Gasteiger partial charge in [-0.25, -0.2) is 10.0 Å². The first-order chi connectivity index (χ1) is 12.1. The summed E-state index contributed by atoms with van der Waals surface area (Å²) in [5.41, 5.74) is 4.76. The molecule has 7 nitrogen and oxygen atoms in total. The molecule has 1 aromatic carbocycles. The zero-order chi connectivity index (χ0) is 17.8. The van der Waals surface area contributed by atoms with Gasteiger partial charge in [0.25, 0.3) is 11.8 Å². The highest BCUT2D eigenvalue weighted by Gasteiger charge is 2.32. The van der Waals surface area contributed by atoms with E-state index in [1.807, 2.05) is 36.4 Å². The molecule has 0 saturated carbocycles. The predicted octanol–water partition coefficient (Wildman–Crippen LogP) is 1.13. The molecule has 1 N–H and O–H groups in total. The van der Waals surface area contributed by atoms with Crippen molar-refractivity contribution in [2.24, 2.45) is 4.99 Å². The Labute approximate surface area is 146 Å². The summed E-state index contributed by atoms with van der Waals surface area (Å²) in [5.74, 6) is -0.198. The van der Waals surface area contributed by atoms with E-state index in [1.165, 1.54) is 10.6 Å². The number of carbonyl (C=O) groups is 2. The quantitative estimate of drug-likeness (QED) is 0.833. The van der Waals surface area contributed by atoms with Gasteiger partial charge in [0, 0.05) is 20.2 Å². The van der Waals surface area contributed by atoms with Gasteiger partial charge in [-0.1, -0.05) is 24.3 Å². The maximum atomic E-state index is 12.8. The standard InChI is InChI=1S/C18H22N4O3/c1-13-17(23)22(15-6-4-3-5-7-15)20-16(19-13)18(24)21-10-8-14(9-11-21)12-25-2/h3-8,13H,9-12H2,1-2H3,(H,19,20). The second kappa shape index (κ2) is 7.48. The van der Waals surface area contributed by atoms with Crippen molar-refractivity contribution < 1.29 is 14.3 Å².